The van der Waals surface area contributed by atoms with Crippen LogP contribution >= 0.6 is 0 Å². The number of hydrogen-bond acceptors (Lipinski definition) is 4. The van der Waals surface area contributed by atoms with Gasteiger partial charge in [0.15, 0.2) is 0 Å². The van der Waals surface area contributed by atoms with E-state index in [1.165, 1.54) is 0 Å². The molecule has 0 unspecified atom stereocenters. The highest BCUT2D eigenvalue weighted by atomic mass is 15.2. The molecule has 4 nitrogen and oxygen atoms in total. The second kappa shape index (κ2) is 5.15. The summed E-state index contributed by atoms with van der Waals surface area (Å²) in [6.45, 7) is 7.57. The molecular formula is C13H20N4. The molecule has 0 atom stereocenters. The summed E-state index contributed by atoms with van der Waals surface area (Å²) in [4.78, 5) is 6.50. The highest BCUT2D eigenvalue weighted by Crippen LogP contribution is 2.19. The predicted molar refractivity (Wildman–Crippen MR) is 69.8 cm³/mol. The minimum atomic E-state index is 0.0538. The van der Waals surface area contributed by atoms with E-state index in [9.17, 15) is 0 Å². The van der Waals surface area contributed by atoms with Gasteiger partial charge in [-0.05, 0) is 31.0 Å². The van der Waals surface area contributed by atoms with Crippen LogP contribution in [0.4, 0.5) is 5.82 Å². The van der Waals surface area contributed by atoms with Crippen LogP contribution in [0, 0.1) is 23.7 Å². The van der Waals surface area contributed by atoms with Crippen LogP contribution in [-0.2, 0) is 0 Å². The van der Waals surface area contributed by atoms with Crippen molar-refractivity contribution in [3.8, 4) is 6.07 Å². The van der Waals surface area contributed by atoms with E-state index in [0.717, 1.165) is 18.1 Å². The molecule has 0 aliphatic carbocycles. The number of aromatic nitrogens is 1. The van der Waals surface area contributed by atoms with Gasteiger partial charge in [0.25, 0.3) is 0 Å². The quantitative estimate of drug-likeness (QED) is 0.857. The van der Waals surface area contributed by atoms with E-state index in [2.05, 4.69) is 29.8 Å². The Kier molecular flexibility index (Phi) is 4.08. The summed E-state index contributed by atoms with van der Waals surface area (Å²) in [5.74, 6) is 0.878. The minimum Gasteiger partial charge on any atom is -0.359 e. The van der Waals surface area contributed by atoms with E-state index in [1.54, 1.807) is 0 Å². The zero-order valence-electron chi connectivity index (χ0n) is 11.0. The molecule has 1 rings (SSSR count). The van der Waals surface area contributed by atoms with Gasteiger partial charge in [-0.25, -0.2) is 4.98 Å². The summed E-state index contributed by atoms with van der Waals surface area (Å²) < 4.78 is 0. The first-order valence-electron chi connectivity index (χ1n) is 5.68. The van der Waals surface area contributed by atoms with Crippen molar-refractivity contribution in [2.24, 2.45) is 11.1 Å². The Morgan fingerprint density at radius 3 is 2.59 bits per heavy atom. The van der Waals surface area contributed by atoms with E-state index in [4.69, 9.17) is 11.0 Å². The maximum absolute atomic E-state index is 8.85. The number of hydrogen-bond donors (Lipinski definition) is 1. The number of nitrogens with two attached hydrogens (primary N) is 1. The molecule has 0 bridgehead atoms. The summed E-state index contributed by atoms with van der Waals surface area (Å²) >= 11 is 0. The van der Waals surface area contributed by atoms with Gasteiger partial charge in [0.2, 0.25) is 0 Å². The first-order valence-corrected chi connectivity index (χ1v) is 5.68. The molecule has 2 N–H and O–H groups in total. The van der Waals surface area contributed by atoms with Gasteiger partial charge in [-0.1, -0.05) is 13.8 Å². The van der Waals surface area contributed by atoms with Crippen molar-refractivity contribution in [2.75, 3.05) is 25.0 Å². The monoisotopic (exact) mass is 232 g/mol. The van der Waals surface area contributed by atoms with Gasteiger partial charge in [-0.2, -0.15) is 5.26 Å². The lowest BCUT2D eigenvalue weighted by atomic mass is 9.93. The van der Waals surface area contributed by atoms with Gasteiger partial charge >= 0.3 is 0 Å². The molecule has 0 spiro atoms. The third-order valence-corrected chi connectivity index (χ3v) is 2.80. The SMILES string of the molecule is Cc1nc(N(C)CC(C)(C)CN)ccc1C#N. The fourth-order valence-corrected chi connectivity index (χ4v) is 1.67. The number of anilines is 1. The maximum Gasteiger partial charge on any atom is 0.128 e. The number of nitrogens with zero attached hydrogens (tertiary/aromatic N) is 3. The summed E-state index contributed by atoms with van der Waals surface area (Å²) in [5, 5.41) is 8.85. The van der Waals surface area contributed by atoms with Crippen LogP contribution in [0.5, 0.6) is 0 Å². The normalized spacial score (nSPS) is 11.1. The topological polar surface area (TPSA) is 65.9 Å². The fourth-order valence-electron chi connectivity index (χ4n) is 1.67. The zero-order valence-corrected chi connectivity index (χ0v) is 11.0. The molecular weight excluding hydrogens is 212 g/mol. The largest absolute Gasteiger partial charge is 0.359 e. The van der Waals surface area contributed by atoms with Crippen molar-refractivity contribution >= 4 is 5.82 Å². The molecule has 0 fully saturated rings. The summed E-state index contributed by atoms with van der Waals surface area (Å²) in [7, 11) is 1.99. The van der Waals surface area contributed by atoms with Gasteiger partial charge in [0.05, 0.1) is 11.3 Å². The van der Waals surface area contributed by atoms with Crippen molar-refractivity contribution in [1.29, 1.82) is 5.26 Å². The molecule has 0 saturated carbocycles. The summed E-state index contributed by atoms with van der Waals surface area (Å²) in [6, 6.07) is 5.80. The van der Waals surface area contributed by atoms with Crippen molar-refractivity contribution in [3.05, 3.63) is 23.4 Å². The predicted octanol–water partition coefficient (Wildman–Crippen LogP) is 1.68. The Labute approximate surface area is 103 Å². The molecule has 0 aromatic carbocycles. The molecule has 0 saturated heterocycles. The third-order valence-electron chi connectivity index (χ3n) is 2.80. The van der Waals surface area contributed by atoms with Gasteiger partial charge in [-0.3, -0.25) is 0 Å². The van der Waals surface area contributed by atoms with Crippen LogP contribution in [0.25, 0.3) is 0 Å². The molecule has 1 aromatic rings. The molecule has 0 aliphatic rings. The van der Waals surface area contributed by atoms with Crippen LogP contribution in [0.1, 0.15) is 25.1 Å². The highest BCUT2D eigenvalue weighted by molar-refractivity contribution is 5.44. The Hall–Kier alpha value is -1.60. The summed E-state index contributed by atoms with van der Waals surface area (Å²) in [5.41, 5.74) is 7.16. The van der Waals surface area contributed by atoms with E-state index >= 15 is 0 Å². The smallest absolute Gasteiger partial charge is 0.128 e. The highest BCUT2D eigenvalue weighted by Gasteiger charge is 2.19. The first kappa shape index (κ1) is 13.5. The second-order valence-electron chi connectivity index (χ2n) is 5.14. The Bertz CT molecular complexity index is 432. The zero-order chi connectivity index (χ0) is 13.1. The van der Waals surface area contributed by atoms with Crippen molar-refractivity contribution in [1.82, 2.24) is 4.98 Å². The lowest BCUT2D eigenvalue weighted by Crippen LogP contribution is -2.37. The Morgan fingerprint density at radius 2 is 2.12 bits per heavy atom. The number of nitriles is 1. The molecule has 92 valence electrons. The fraction of sp³-hybridized carbons (Fsp3) is 0.538. The number of pyridine rings is 1. The van der Waals surface area contributed by atoms with Crippen LogP contribution in [0.3, 0.4) is 0 Å². The van der Waals surface area contributed by atoms with Crippen LogP contribution in [-0.4, -0.2) is 25.1 Å². The van der Waals surface area contributed by atoms with Crippen molar-refractivity contribution < 1.29 is 0 Å². The lowest BCUT2D eigenvalue weighted by Gasteiger charge is -2.29. The molecule has 1 aromatic heterocycles. The van der Waals surface area contributed by atoms with Crippen LogP contribution in [0.2, 0.25) is 0 Å². The van der Waals surface area contributed by atoms with E-state index in [-0.39, 0.29) is 5.41 Å². The Morgan fingerprint density at radius 1 is 1.47 bits per heavy atom. The van der Waals surface area contributed by atoms with Crippen molar-refractivity contribution in [3.63, 3.8) is 0 Å². The number of aryl methyl sites for hydroxylation is 1. The first-order chi connectivity index (χ1) is 7.89. The van der Waals surface area contributed by atoms with Crippen molar-refractivity contribution in [2.45, 2.75) is 20.8 Å². The van der Waals surface area contributed by atoms with Gasteiger partial charge in [0.1, 0.15) is 11.9 Å². The molecule has 1 heterocycles. The standard InChI is InChI=1S/C13H20N4/c1-10-11(7-14)5-6-12(16-10)17(4)9-13(2,3)8-15/h5-6H,8-9,15H2,1-4H3. The van der Waals surface area contributed by atoms with E-state index < -0.39 is 0 Å². The average Bonchev–Trinajstić information content (AvgIpc) is 2.28. The molecule has 4 heteroatoms. The third kappa shape index (κ3) is 3.43. The number of rotatable bonds is 4. The lowest BCUT2D eigenvalue weighted by molar-refractivity contribution is 0.384. The van der Waals surface area contributed by atoms with E-state index in [0.29, 0.717) is 12.1 Å². The second-order valence-corrected chi connectivity index (χ2v) is 5.14. The molecule has 0 amide bonds. The van der Waals surface area contributed by atoms with Gasteiger partial charge in [-0.15, -0.1) is 0 Å². The van der Waals surface area contributed by atoms with Crippen LogP contribution in [0.15, 0.2) is 12.1 Å². The Balaban J connectivity index is 2.87. The minimum absolute atomic E-state index is 0.0538. The maximum atomic E-state index is 8.85. The average molecular weight is 232 g/mol. The molecule has 17 heavy (non-hydrogen) atoms. The van der Waals surface area contributed by atoms with E-state index in [1.807, 2.05) is 26.1 Å². The van der Waals surface area contributed by atoms with Gasteiger partial charge in [0, 0.05) is 13.6 Å². The van der Waals surface area contributed by atoms with Crippen LogP contribution < -0.4 is 10.6 Å². The summed E-state index contributed by atoms with van der Waals surface area (Å²) in [6.07, 6.45) is 0. The molecule has 0 aliphatic heterocycles. The van der Waals surface area contributed by atoms with Gasteiger partial charge < -0.3 is 10.6 Å². The molecule has 0 radical (unpaired) electrons.